The minimum atomic E-state index is -0.328. The molecule has 1 atom stereocenters. The van der Waals surface area contributed by atoms with Gasteiger partial charge in [-0.05, 0) is 67.6 Å². The third-order valence-electron chi connectivity index (χ3n) is 6.09. The number of carbonyl (C=O) groups excluding carboxylic acids is 2. The summed E-state index contributed by atoms with van der Waals surface area (Å²) in [7, 11) is 0. The van der Waals surface area contributed by atoms with Crippen molar-refractivity contribution in [3.05, 3.63) is 54.1 Å². The third kappa shape index (κ3) is 4.44. The molecular weight excluding hydrogens is 362 g/mol. The molecule has 0 bridgehead atoms. The van der Waals surface area contributed by atoms with Crippen LogP contribution in [0, 0.1) is 18.8 Å². The van der Waals surface area contributed by atoms with Gasteiger partial charge in [-0.3, -0.25) is 9.59 Å². The molecule has 2 fully saturated rings. The van der Waals surface area contributed by atoms with Gasteiger partial charge in [0.25, 0.3) is 0 Å². The van der Waals surface area contributed by atoms with Gasteiger partial charge >= 0.3 is 0 Å². The van der Waals surface area contributed by atoms with E-state index in [2.05, 4.69) is 29.3 Å². The van der Waals surface area contributed by atoms with Crippen molar-refractivity contribution < 1.29 is 9.59 Å². The van der Waals surface area contributed by atoms with Crippen LogP contribution in [-0.2, 0) is 9.59 Å². The van der Waals surface area contributed by atoms with Crippen LogP contribution in [0.3, 0.4) is 0 Å². The summed E-state index contributed by atoms with van der Waals surface area (Å²) in [5.74, 6) is 0.392. The lowest BCUT2D eigenvalue weighted by Crippen LogP contribution is -2.32. The Hall–Kier alpha value is -2.82. The molecule has 0 radical (unpaired) electrons. The van der Waals surface area contributed by atoms with Gasteiger partial charge in [-0.2, -0.15) is 0 Å². The van der Waals surface area contributed by atoms with Crippen LogP contribution in [0.2, 0.25) is 0 Å². The van der Waals surface area contributed by atoms with Gasteiger partial charge in [-0.25, -0.2) is 0 Å². The van der Waals surface area contributed by atoms with Gasteiger partial charge in [0.05, 0.1) is 5.92 Å². The highest BCUT2D eigenvalue weighted by Gasteiger charge is 2.35. The molecule has 152 valence electrons. The molecule has 0 aliphatic carbocycles. The Morgan fingerprint density at radius 2 is 1.76 bits per heavy atom. The molecule has 0 saturated carbocycles. The fraction of sp³-hybridized carbons (Fsp3) is 0.417. The van der Waals surface area contributed by atoms with E-state index in [9.17, 15) is 9.59 Å². The molecule has 4 rings (SSSR count). The topological polar surface area (TPSA) is 52.7 Å². The lowest BCUT2D eigenvalue weighted by atomic mass is 9.99. The Labute approximate surface area is 172 Å². The van der Waals surface area contributed by atoms with E-state index in [1.165, 1.54) is 18.5 Å². The Kier molecular flexibility index (Phi) is 5.56. The second-order valence-corrected chi connectivity index (χ2v) is 8.45. The molecule has 0 aromatic heterocycles. The number of nitrogens with one attached hydrogen (secondary N) is 1. The predicted molar refractivity (Wildman–Crippen MR) is 117 cm³/mol. The van der Waals surface area contributed by atoms with E-state index < -0.39 is 0 Å². The first kappa shape index (κ1) is 19.5. The summed E-state index contributed by atoms with van der Waals surface area (Å²) in [6.45, 7) is 6.92. The van der Waals surface area contributed by atoms with Crippen molar-refractivity contribution in [3.8, 4) is 0 Å². The molecule has 5 nitrogen and oxygen atoms in total. The molecule has 0 unspecified atom stereocenters. The zero-order valence-corrected chi connectivity index (χ0v) is 17.2. The highest BCUT2D eigenvalue weighted by atomic mass is 16.2. The first-order chi connectivity index (χ1) is 14.0. The summed E-state index contributed by atoms with van der Waals surface area (Å²) < 4.78 is 0. The summed E-state index contributed by atoms with van der Waals surface area (Å²) in [6.07, 6.45) is 2.71. The molecule has 2 aromatic carbocycles. The number of anilines is 3. The quantitative estimate of drug-likeness (QED) is 0.849. The number of hydrogen-bond acceptors (Lipinski definition) is 3. The average molecular weight is 392 g/mol. The van der Waals surface area contributed by atoms with Crippen molar-refractivity contribution in [2.24, 2.45) is 11.8 Å². The maximum absolute atomic E-state index is 12.7. The van der Waals surface area contributed by atoms with Crippen LogP contribution < -0.4 is 15.1 Å². The van der Waals surface area contributed by atoms with Gasteiger partial charge in [0, 0.05) is 43.1 Å². The van der Waals surface area contributed by atoms with Gasteiger partial charge in [0.15, 0.2) is 0 Å². The second kappa shape index (κ2) is 8.27. The molecule has 2 amide bonds. The van der Waals surface area contributed by atoms with Gasteiger partial charge < -0.3 is 15.1 Å². The minimum Gasteiger partial charge on any atom is -0.372 e. The van der Waals surface area contributed by atoms with Crippen LogP contribution in [0.15, 0.2) is 48.5 Å². The van der Waals surface area contributed by atoms with Crippen molar-refractivity contribution in [2.45, 2.75) is 33.1 Å². The number of hydrogen-bond donors (Lipinski definition) is 1. The number of benzene rings is 2. The molecule has 0 spiro atoms. The van der Waals surface area contributed by atoms with E-state index in [0.29, 0.717) is 6.54 Å². The third-order valence-corrected chi connectivity index (χ3v) is 6.09. The SMILES string of the molecule is Cc1cccc(N2C[C@@H](C(=O)Nc3ccc(N4CCC(C)CC4)cc3)CC2=O)c1. The first-order valence-electron chi connectivity index (χ1n) is 10.5. The molecule has 2 heterocycles. The van der Waals surface area contributed by atoms with Gasteiger partial charge in [-0.1, -0.05) is 19.1 Å². The van der Waals surface area contributed by atoms with Gasteiger partial charge in [-0.15, -0.1) is 0 Å². The smallest absolute Gasteiger partial charge is 0.229 e. The lowest BCUT2D eigenvalue weighted by Gasteiger charge is -2.32. The van der Waals surface area contributed by atoms with Crippen LogP contribution in [-0.4, -0.2) is 31.4 Å². The van der Waals surface area contributed by atoms with Crippen molar-refractivity contribution in [1.29, 1.82) is 0 Å². The van der Waals surface area contributed by atoms with Crippen molar-refractivity contribution in [3.63, 3.8) is 0 Å². The molecule has 2 aromatic rings. The summed E-state index contributed by atoms with van der Waals surface area (Å²) in [5.41, 5.74) is 3.96. The largest absolute Gasteiger partial charge is 0.372 e. The highest BCUT2D eigenvalue weighted by Crippen LogP contribution is 2.28. The standard InChI is InChI=1S/C24H29N3O2/c1-17-10-12-26(13-11-17)21-8-6-20(7-9-21)25-24(29)19-15-23(28)27(16-19)22-5-3-4-18(2)14-22/h3-9,14,17,19H,10-13,15-16H2,1-2H3,(H,25,29)/t19-/m0/s1. The van der Waals surface area contributed by atoms with E-state index in [4.69, 9.17) is 0 Å². The monoisotopic (exact) mass is 391 g/mol. The zero-order valence-electron chi connectivity index (χ0n) is 17.2. The molecule has 2 aliphatic rings. The molecule has 2 saturated heterocycles. The molecular formula is C24H29N3O2. The Bertz CT molecular complexity index is 885. The summed E-state index contributed by atoms with van der Waals surface area (Å²) in [5, 5.41) is 2.99. The highest BCUT2D eigenvalue weighted by molar-refractivity contribution is 6.03. The maximum atomic E-state index is 12.7. The number of aryl methyl sites for hydroxylation is 1. The van der Waals surface area contributed by atoms with Crippen LogP contribution in [0.5, 0.6) is 0 Å². The summed E-state index contributed by atoms with van der Waals surface area (Å²) in [6, 6.07) is 15.9. The summed E-state index contributed by atoms with van der Waals surface area (Å²) in [4.78, 5) is 29.3. The van der Waals surface area contributed by atoms with Crippen LogP contribution in [0.1, 0.15) is 31.7 Å². The minimum absolute atomic E-state index is 0.00502. The molecule has 2 aliphatic heterocycles. The van der Waals surface area contributed by atoms with Crippen molar-refractivity contribution >= 4 is 28.9 Å². The normalized spacial score (nSPS) is 20.2. The second-order valence-electron chi connectivity index (χ2n) is 8.45. The molecule has 29 heavy (non-hydrogen) atoms. The molecule has 1 N–H and O–H groups in total. The number of piperidine rings is 1. The Balaban J connectivity index is 1.36. The van der Waals surface area contributed by atoms with E-state index in [1.54, 1.807) is 4.90 Å². The predicted octanol–water partition coefficient (Wildman–Crippen LogP) is 4.22. The van der Waals surface area contributed by atoms with E-state index in [-0.39, 0.29) is 24.2 Å². The number of rotatable bonds is 4. The van der Waals surface area contributed by atoms with Crippen molar-refractivity contribution in [1.82, 2.24) is 0 Å². The summed E-state index contributed by atoms with van der Waals surface area (Å²) >= 11 is 0. The zero-order chi connectivity index (χ0) is 20.4. The van der Waals surface area contributed by atoms with E-state index >= 15 is 0 Å². The van der Waals surface area contributed by atoms with Gasteiger partial charge in [0.2, 0.25) is 11.8 Å². The van der Waals surface area contributed by atoms with Crippen molar-refractivity contribution in [2.75, 3.05) is 34.8 Å². The Morgan fingerprint density at radius 1 is 1.03 bits per heavy atom. The van der Waals surface area contributed by atoms with Crippen LogP contribution in [0.4, 0.5) is 17.1 Å². The fourth-order valence-electron chi connectivity index (χ4n) is 4.20. The molecule has 5 heteroatoms. The van der Waals surface area contributed by atoms with Crippen LogP contribution >= 0.6 is 0 Å². The Morgan fingerprint density at radius 3 is 2.45 bits per heavy atom. The van der Waals surface area contributed by atoms with Crippen LogP contribution in [0.25, 0.3) is 0 Å². The lowest BCUT2D eigenvalue weighted by molar-refractivity contribution is -0.122. The van der Waals surface area contributed by atoms with E-state index in [1.807, 2.05) is 43.3 Å². The maximum Gasteiger partial charge on any atom is 0.229 e. The average Bonchev–Trinajstić information content (AvgIpc) is 3.11. The van der Waals surface area contributed by atoms with Gasteiger partial charge in [0.1, 0.15) is 0 Å². The fourth-order valence-corrected chi connectivity index (χ4v) is 4.20. The number of nitrogens with zero attached hydrogens (tertiary/aromatic N) is 2. The number of amides is 2. The van der Waals surface area contributed by atoms with E-state index in [0.717, 1.165) is 35.9 Å². The number of carbonyl (C=O) groups is 2. The first-order valence-corrected chi connectivity index (χ1v) is 10.5.